The molecule has 1 N–H and O–H groups in total. The van der Waals surface area contributed by atoms with Crippen molar-refractivity contribution < 1.29 is 4.39 Å². The van der Waals surface area contributed by atoms with Crippen molar-refractivity contribution in [2.45, 2.75) is 6.04 Å². The van der Waals surface area contributed by atoms with Gasteiger partial charge in [-0.2, -0.15) is 0 Å². The van der Waals surface area contributed by atoms with Crippen molar-refractivity contribution in [3.05, 3.63) is 69.9 Å². The highest BCUT2D eigenvalue weighted by molar-refractivity contribution is 9.10. The van der Waals surface area contributed by atoms with Crippen LogP contribution in [0.2, 0.25) is 0 Å². The van der Waals surface area contributed by atoms with Gasteiger partial charge in [0.05, 0.1) is 6.04 Å². The van der Waals surface area contributed by atoms with E-state index in [9.17, 15) is 4.39 Å². The van der Waals surface area contributed by atoms with Crippen molar-refractivity contribution in [3.8, 4) is 0 Å². The molecule has 0 spiro atoms. The van der Waals surface area contributed by atoms with E-state index >= 15 is 0 Å². The summed E-state index contributed by atoms with van der Waals surface area (Å²) in [6.07, 6.45) is 0. The zero-order valence-corrected chi connectivity index (χ0v) is 11.0. The van der Waals surface area contributed by atoms with Crippen molar-refractivity contribution in [2.24, 2.45) is 0 Å². The fraction of sp³-hybridized carbons (Fsp3) is 0.143. The number of hydrogen-bond acceptors (Lipinski definition) is 1. The molecule has 0 bridgehead atoms. The maximum absolute atomic E-state index is 13.4. The Morgan fingerprint density at radius 1 is 1.06 bits per heavy atom. The largest absolute Gasteiger partial charge is 0.309 e. The highest BCUT2D eigenvalue weighted by Crippen LogP contribution is 2.25. The Hall–Kier alpha value is -1.19. The highest BCUT2D eigenvalue weighted by atomic mass is 79.9. The van der Waals surface area contributed by atoms with E-state index < -0.39 is 0 Å². The molecule has 0 aliphatic heterocycles. The quantitative estimate of drug-likeness (QED) is 0.905. The summed E-state index contributed by atoms with van der Waals surface area (Å²) in [4.78, 5) is 0. The van der Waals surface area contributed by atoms with Gasteiger partial charge in [-0.25, -0.2) is 4.39 Å². The second-order valence-electron chi connectivity index (χ2n) is 3.84. The summed E-state index contributed by atoms with van der Waals surface area (Å²) in [5.41, 5.74) is 2.03. The van der Waals surface area contributed by atoms with E-state index in [0.29, 0.717) is 0 Å². The van der Waals surface area contributed by atoms with Gasteiger partial charge in [-0.15, -0.1) is 0 Å². The molecule has 0 saturated carbocycles. The van der Waals surface area contributed by atoms with E-state index in [1.54, 1.807) is 6.07 Å². The lowest BCUT2D eigenvalue weighted by Crippen LogP contribution is -2.17. The topological polar surface area (TPSA) is 12.0 Å². The molecule has 2 aromatic carbocycles. The zero-order valence-electron chi connectivity index (χ0n) is 9.45. The standard InChI is InChI=1S/C14H13BrFN/c1-17-14(10-5-3-2-4-6-10)11-7-12(15)9-13(16)8-11/h2-9,14,17H,1H3. The lowest BCUT2D eigenvalue weighted by Gasteiger charge is -2.17. The minimum absolute atomic E-state index is 0.00296. The number of benzene rings is 2. The zero-order chi connectivity index (χ0) is 12.3. The molecule has 17 heavy (non-hydrogen) atoms. The monoisotopic (exact) mass is 293 g/mol. The van der Waals surface area contributed by atoms with Crippen LogP contribution in [0.1, 0.15) is 17.2 Å². The SMILES string of the molecule is CNC(c1ccccc1)c1cc(F)cc(Br)c1. The third-order valence-electron chi connectivity index (χ3n) is 2.64. The Morgan fingerprint density at radius 2 is 1.76 bits per heavy atom. The van der Waals surface area contributed by atoms with Gasteiger partial charge in [0, 0.05) is 4.47 Å². The van der Waals surface area contributed by atoms with Crippen LogP contribution in [0.3, 0.4) is 0 Å². The van der Waals surface area contributed by atoms with Gasteiger partial charge in [0.25, 0.3) is 0 Å². The second kappa shape index (κ2) is 5.43. The third kappa shape index (κ3) is 2.93. The molecule has 0 saturated heterocycles. The van der Waals surface area contributed by atoms with Gasteiger partial charge in [0.2, 0.25) is 0 Å². The van der Waals surface area contributed by atoms with Crippen LogP contribution in [0.5, 0.6) is 0 Å². The molecule has 0 radical (unpaired) electrons. The molecular formula is C14H13BrFN. The van der Waals surface area contributed by atoms with Crippen molar-refractivity contribution in [2.75, 3.05) is 7.05 Å². The van der Waals surface area contributed by atoms with Crippen LogP contribution in [0.4, 0.5) is 4.39 Å². The fourth-order valence-electron chi connectivity index (χ4n) is 1.91. The molecule has 0 amide bonds. The predicted octanol–water partition coefficient (Wildman–Crippen LogP) is 3.90. The average molecular weight is 294 g/mol. The minimum Gasteiger partial charge on any atom is -0.309 e. The number of hydrogen-bond donors (Lipinski definition) is 1. The molecule has 2 aromatic rings. The molecular weight excluding hydrogens is 281 g/mol. The summed E-state index contributed by atoms with van der Waals surface area (Å²) in [5, 5.41) is 3.20. The van der Waals surface area contributed by atoms with Crippen LogP contribution in [0, 0.1) is 5.82 Å². The van der Waals surface area contributed by atoms with Gasteiger partial charge < -0.3 is 5.32 Å². The molecule has 0 heterocycles. The maximum atomic E-state index is 13.4. The summed E-state index contributed by atoms with van der Waals surface area (Å²) in [6.45, 7) is 0. The average Bonchev–Trinajstić information content (AvgIpc) is 2.30. The van der Waals surface area contributed by atoms with Gasteiger partial charge in [-0.05, 0) is 36.4 Å². The minimum atomic E-state index is -0.231. The van der Waals surface area contributed by atoms with Crippen LogP contribution >= 0.6 is 15.9 Å². The van der Waals surface area contributed by atoms with E-state index in [1.807, 2.05) is 43.4 Å². The lowest BCUT2D eigenvalue weighted by molar-refractivity contribution is 0.615. The normalized spacial score (nSPS) is 12.4. The molecule has 88 valence electrons. The van der Waals surface area contributed by atoms with Crippen LogP contribution in [-0.4, -0.2) is 7.05 Å². The van der Waals surface area contributed by atoms with E-state index in [2.05, 4.69) is 21.2 Å². The Morgan fingerprint density at radius 3 is 2.35 bits per heavy atom. The Bertz CT molecular complexity index is 479. The highest BCUT2D eigenvalue weighted by Gasteiger charge is 2.12. The number of nitrogens with one attached hydrogen (secondary N) is 1. The van der Waals surface area contributed by atoms with Gasteiger partial charge in [0.15, 0.2) is 0 Å². The molecule has 0 aliphatic rings. The van der Waals surface area contributed by atoms with E-state index in [1.165, 1.54) is 6.07 Å². The molecule has 0 fully saturated rings. The van der Waals surface area contributed by atoms with Crippen LogP contribution in [0.15, 0.2) is 53.0 Å². The van der Waals surface area contributed by atoms with Gasteiger partial charge in [-0.3, -0.25) is 0 Å². The van der Waals surface area contributed by atoms with E-state index in [4.69, 9.17) is 0 Å². The summed E-state index contributed by atoms with van der Waals surface area (Å²) in [6, 6.07) is 14.9. The van der Waals surface area contributed by atoms with Crippen LogP contribution in [-0.2, 0) is 0 Å². The first kappa shape index (κ1) is 12.3. The first-order chi connectivity index (χ1) is 8.20. The second-order valence-corrected chi connectivity index (χ2v) is 4.75. The van der Waals surface area contributed by atoms with Crippen LogP contribution in [0.25, 0.3) is 0 Å². The molecule has 2 rings (SSSR count). The Labute approximate surface area is 109 Å². The lowest BCUT2D eigenvalue weighted by atomic mass is 9.99. The van der Waals surface area contributed by atoms with Crippen molar-refractivity contribution in [1.29, 1.82) is 0 Å². The summed E-state index contributed by atoms with van der Waals surface area (Å²) < 4.78 is 14.1. The Kier molecular flexibility index (Phi) is 3.92. The Balaban J connectivity index is 2.42. The predicted molar refractivity (Wildman–Crippen MR) is 71.4 cm³/mol. The van der Waals surface area contributed by atoms with Gasteiger partial charge in [-0.1, -0.05) is 46.3 Å². The molecule has 3 heteroatoms. The summed E-state index contributed by atoms with van der Waals surface area (Å²) in [5.74, 6) is -0.231. The maximum Gasteiger partial charge on any atom is 0.124 e. The number of rotatable bonds is 3. The third-order valence-corrected chi connectivity index (χ3v) is 3.10. The van der Waals surface area contributed by atoms with Crippen molar-refractivity contribution >= 4 is 15.9 Å². The molecule has 1 nitrogen and oxygen atoms in total. The van der Waals surface area contributed by atoms with E-state index in [-0.39, 0.29) is 11.9 Å². The summed E-state index contributed by atoms with van der Waals surface area (Å²) in [7, 11) is 1.87. The summed E-state index contributed by atoms with van der Waals surface area (Å²) >= 11 is 3.32. The van der Waals surface area contributed by atoms with Crippen molar-refractivity contribution in [1.82, 2.24) is 5.32 Å². The molecule has 0 aromatic heterocycles. The van der Waals surface area contributed by atoms with Gasteiger partial charge >= 0.3 is 0 Å². The van der Waals surface area contributed by atoms with E-state index in [0.717, 1.165) is 15.6 Å². The van der Waals surface area contributed by atoms with Crippen molar-refractivity contribution in [3.63, 3.8) is 0 Å². The smallest absolute Gasteiger partial charge is 0.124 e. The fourth-order valence-corrected chi connectivity index (χ4v) is 2.40. The molecule has 1 atom stereocenters. The van der Waals surface area contributed by atoms with Crippen LogP contribution < -0.4 is 5.32 Å². The van der Waals surface area contributed by atoms with Gasteiger partial charge in [0.1, 0.15) is 5.82 Å². The first-order valence-corrected chi connectivity index (χ1v) is 6.18. The number of halogens is 2. The first-order valence-electron chi connectivity index (χ1n) is 5.39. The molecule has 0 aliphatic carbocycles. The molecule has 1 unspecified atom stereocenters.